The zero-order valence-corrected chi connectivity index (χ0v) is 60.5. The Morgan fingerprint density at radius 3 is 1.24 bits per heavy atom. The van der Waals surface area contributed by atoms with E-state index in [1.54, 1.807) is 6.08 Å². The van der Waals surface area contributed by atoms with Crippen molar-refractivity contribution in [3.63, 3.8) is 0 Å². The summed E-state index contributed by atoms with van der Waals surface area (Å²) in [6, 6.07) is 0. The van der Waals surface area contributed by atoms with Crippen LogP contribution in [0.5, 0.6) is 0 Å². The van der Waals surface area contributed by atoms with Gasteiger partial charge in [0.2, 0.25) is 0 Å². The van der Waals surface area contributed by atoms with Crippen LogP contribution in [0.25, 0.3) is 0 Å². The van der Waals surface area contributed by atoms with Crippen molar-refractivity contribution in [2.24, 2.45) is 0 Å². The second-order valence-corrected chi connectivity index (χ2v) is 28.5. The quantitative estimate of drug-likeness (QED) is 0.00513. The number of hydrogen-bond donors (Lipinski definition) is 11. The molecule has 11 N–H and O–H groups in total. The minimum absolute atomic E-state index is 0.00462. The first-order valence-corrected chi connectivity index (χ1v) is 39.3. The van der Waals surface area contributed by atoms with Crippen molar-refractivity contribution in [3.8, 4) is 0 Å². The maximum absolute atomic E-state index is 14.3. The zero-order chi connectivity index (χ0) is 71.8. The first-order chi connectivity index (χ1) is 47.3. The molecular weight excluding hydrogens is 1290 g/mol. The molecule has 0 spiro atoms. The number of rotatable bonds is 58. The van der Waals surface area contributed by atoms with Gasteiger partial charge >= 0.3 is 25.7 Å². The summed E-state index contributed by atoms with van der Waals surface area (Å²) in [5, 5.41) is 110. The lowest BCUT2D eigenvalue weighted by Gasteiger charge is -2.49. The minimum atomic E-state index is -5.72. The van der Waals surface area contributed by atoms with E-state index >= 15 is 0 Å². The van der Waals surface area contributed by atoms with E-state index in [1.807, 2.05) is 6.08 Å². The highest BCUT2D eigenvalue weighted by Gasteiger charge is 2.58. The summed E-state index contributed by atoms with van der Waals surface area (Å²) in [5.74, 6) is -2.26. The maximum Gasteiger partial charge on any atom is 0.472 e. The van der Waals surface area contributed by atoms with Crippen LogP contribution in [0.1, 0.15) is 278 Å². The average Bonchev–Trinajstić information content (AvgIpc) is 0.764. The SMILES string of the molecule is CCCCCCCC/C=C\CCCCCC(=O)OCC1OC(OC2C(O)C(O)C(O)C(OC3OC(CO)C(O)C(O)C3O)C2OP(=O)(O)OCC(COC(=O)/C=C/C=C/CCCCCCCCCCCCC)OC(=O)CCCCCCCCCCCCCCCCC)C(O)C(O)C1O. The smallest absolute Gasteiger partial charge is 0.463 e. The molecule has 24 nitrogen and oxygen atoms in total. The summed E-state index contributed by atoms with van der Waals surface area (Å²) >= 11 is 0. The van der Waals surface area contributed by atoms with E-state index in [0.29, 0.717) is 12.8 Å². The molecule has 1 aliphatic carbocycles. The fourth-order valence-corrected chi connectivity index (χ4v) is 13.3. The second kappa shape index (κ2) is 54.8. The molecule has 2 aliphatic heterocycles. The van der Waals surface area contributed by atoms with Crippen molar-refractivity contribution < 1.29 is 117 Å². The molecule has 0 aromatic carbocycles. The number of carbonyl (C=O) groups is 3. The van der Waals surface area contributed by atoms with Crippen LogP contribution in [0.15, 0.2) is 36.5 Å². The van der Waals surface area contributed by atoms with Gasteiger partial charge in [0.15, 0.2) is 18.7 Å². The number of allylic oxidation sites excluding steroid dienone is 5. The highest BCUT2D eigenvalue weighted by molar-refractivity contribution is 7.47. The summed E-state index contributed by atoms with van der Waals surface area (Å²) in [7, 11) is -5.72. The zero-order valence-electron chi connectivity index (χ0n) is 59.6. The van der Waals surface area contributed by atoms with Crippen LogP contribution in [-0.2, 0) is 61.2 Å². The molecule has 0 aromatic rings. The molecule has 572 valence electrons. The van der Waals surface area contributed by atoms with Crippen LogP contribution in [0.2, 0.25) is 0 Å². The Kier molecular flexibility index (Phi) is 50.0. The molecule has 3 fully saturated rings. The number of phosphoric acid groups is 1. The van der Waals surface area contributed by atoms with E-state index in [0.717, 1.165) is 96.0 Å². The number of carbonyl (C=O) groups excluding carboxylic acids is 3. The topological polar surface area (TPSA) is 374 Å². The molecule has 0 amide bonds. The standard InChI is InChI=1S/C73H131O24P/c1-4-7-10-13-16-19-22-25-27-30-33-35-38-41-44-47-57(75)89-51-54(92-59(77)49-46-43-40-37-34-31-28-26-23-20-17-14-11-8-5-2)52-91-98(87,88)97-71-69(95-72-67(85)62(80)60(78)55(50-74)93-72)65(83)64(82)66(84)70(71)96-73-68(86)63(81)61(79)56(94-73)53-90-58(76)48-45-42-39-36-32-29-24-21-18-15-12-9-6-3/h29,32,38,41,44,47,54-56,60-74,78-86H,4-28,30-31,33-37,39-40,42-43,45-46,48-53H2,1-3H3,(H,87,88)/b32-29-,41-38+,47-44+. The predicted molar refractivity (Wildman–Crippen MR) is 370 cm³/mol. The highest BCUT2D eigenvalue weighted by Crippen LogP contribution is 2.49. The van der Waals surface area contributed by atoms with Crippen LogP contribution in [0.3, 0.4) is 0 Å². The van der Waals surface area contributed by atoms with Crippen molar-refractivity contribution in [3.05, 3.63) is 36.5 Å². The molecule has 3 aliphatic rings. The molecule has 18 unspecified atom stereocenters. The fraction of sp³-hybridized carbons (Fsp3) is 0.877. The normalized spacial score (nSPS) is 27.8. The van der Waals surface area contributed by atoms with E-state index < -0.39 is 156 Å². The summed E-state index contributed by atoms with van der Waals surface area (Å²) in [6.07, 6.45) is 17.1. The van der Waals surface area contributed by atoms with Gasteiger partial charge < -0.3 is 89.1 Å². The van der Waals surface area contributed by atoms with Crippen molar-refractivity contribution in [1.82, 2.24) is 0 Å². The lowest BCUT2D eigenvalue weighted by Crippen LogP contribution is -2.69. The molecular formula is C73H131O24P. The number of phosphoric ester groups is 1. The predicted octanol–water partition coefficient (Wildman–Crippen LogP) is 10.3. The molecule has 98 heavy (non-hydrogen) atoms. The number of hydrogen-bond acceptors (Lipinski definition) is 23. The van der Waals surface area contributed by atoms with Crippen LogP contribution in [0.4, 0.5) is 0 Å². The summed E-state index contributed by atoms with van der Waals surface area (Å²) in [4.78, 5) is 50.8. The van der Waals surface area contributed by atoms with E-state index in [1.165, 1.54) is 147 Å². The number of esters is 3. The highest BCUT2D eigenvalue weighted by atomic mass is 31.2. The third kappa shape index (κ3) is 37.6. The Bertz CT molecular complexity index is 2170. The third-order valence-electron chi connectivity index (χ3n) is 18.5. The lowest BCUT2D eigenvalue weighted by molar-refractivity contribution is -0.360. The summed E-state index contributed by atoms with van der Waals surface area (Å²) in [6.45, 7) is 3.31. The minimum Gasteiger partial charge on any atom is -0.463 e. The monoisotopic (exact) mass is 1420 g/mol. The largest absolute Gasteiger partial charge is 0.472 e. The van der Waals surface area contributed by atoms with Gasteiger partial charge in [0.1, 0.15) is 98.7 Å². The molecule has 0 bridgehead atoms. The van der Waals surface area contributed by atoms with Crippen LogP contribution < -0.4 is 0 Å². The number of aliphatic hydroxyl groups excluding tert-OH is 10. The van der Waals surface area contributed by atoms with E-state index in [4.69, 9.17) is 42.2 Å². The van der Waals surface area contributed by atoms with E-state index in [9.17, 15) is 74.9 Å². The molecule has 25 heteroatoms. The molecule has 2 saturated heterocycles. The van der Waals surface area contributed by atoms with Gasteiger partial charge in [-0.05, 0) is 51.4 Å². The second-order valence-electron chi connectivity index (χ2n) is 27.1. The Morgan fingerprint density at radius 1 is 0.418 bits per heavy atom. The molecule has 18 atom stereocenters. The summed E-state index contributed by atoms with van der Waals surface area (Å²) < 4.78 is 64.8. The third-order valence-corrected chi connectivity index (χ3v) is 19.5. The van der Waals surface area contributed by atoms with Crippen LogP contribution >= 0.6 is 7.82 Å². The van der Waals surface area contributed by atoms with Crippen LogP contribution in [0, 0.1) is 0 Å². The van der Waals surface area contributed by atoms with E-state index in [2.05, 4.69) is 32.9 Å². The fourth-order valence-electron chi connectivity index (χ4n) is 12.3. The van der Waals surface area contributed by atoms with Gasteiger partial charge in [-0.25, -0.2) is 9.36 Å². The van der Waals surface area contributed by atoms with Gasteiger partial charge in [-0.3, -0.25) is 18.6 Å². The molecule has 0 radical (unpaired) electrons. The van der Waals surface area contributed by atoms with Crippen molar-refractivity contribution in [1.29, 1.82) is 0 Å². The van der Waals surface area contributed by atoms with Crippen molar-refractivity contribution in [2.75, 3.05) is 26.4 Å². The Balaban J connectivity index is 1.76. The van der Waals surface area contributed by atoms with Gasteiger partial charge in [0.05, 0.1) is 13.2 Å². The lowest BCUT2D eigenvalue weighted by atomic mass is 9.84. The molecule has 3 rings (SSSR count). The van der Waals surface area contributed by atoms with Gasteiger partial charge in [-0.15, -0.1) is 0 Å². The maximum atomic E-state index is 14.3. The summed E-state index contributed by atoms with van der Waals surface area (Å²) in [5.41, 5.74) is 0. The van der Waals surface area contributed by atoms with Gasteiger partial charge in [-0.2, -0.15) is 0 Å². The Morgan fingerprint density at radius 2 is 0.796 bits per heavy atom. The first-order valence-electron chi connectivity index (χ1n) is 37.8. The van der Waals surface area contributed by atoms with Crippen molar-refractivity contribution >= 4 is 25.7 Å². The number of aliphatic hydroxyl groups is 10. The Hall–Kier alpha value is -2.82. The molecule has 2 heterocycles. The first kappa shape index (κ1) is 89.4. The van der Waals surface area contributed by atoms with Gasteiger partial charge in [-0.1, -0.05) is 244 Å². The van der Waals surface area contributed by atoms with Crippen molar-refractivity contribution in [2.45, 2.75) is 382 Å². The average molecular weight is 1420 g/mol. The Labute approximate surface area is 585 Å². The van der Waals surface area contributed by atoms with E-state index in [-0.39, 0.29) is 12.8 Å². The number of unbranched alkanes of at least 4 members (excludes halogenated alkanes) is 34. The van der Waals surface area contributed by atoms with Crippen LogP contribution in [-0.4, -0.2) is 204 Å². The molecule has 0 aromatic heterocycles. The molecule has 1 saturated carbocycles. The van der Waals surface area contributed by atoms with Gasteiger partial charge in [0.25, 0.3) is 0 Å². The van der Waals surface area contributed by atoms with Gasteiger partial charge in [0, 0.05) is 18.9 Å². The number of ether oxygens (including phenoxy) is 7.